The normalized spacial score (nSPS) is 17.3. The van der Waals surface area contributed by atoms with Crippen molar-refractivity contribution >= 4 is 50.0 Å². The van der Waals surface area contributed by atoms with Crippen LogP contribution in [-0.4, -0.2) is 34.9 Å². The number of aryl methyl sites for hydroxylation is 1. The second-order valence-corrected chi connectivity index (χ2v) is 8.02. The molecule has 1 atom stereocenters. The first-order valence-electron chi connectivity index (χ1n) is 8.44. The van der Waals surface area contributed by atoms with E-state index >= 15 is 0 Å². The van der Waals surface area contributed by atoms with Gasteiger partial charge in [-0.15, -0.1) is 11.3 Å². The van der Waals surface area contributed by atoms with Crippen LogP contribution in [-0.2, 0) is 11.2 Å². The molecule has 0 radical (unpaired) electrons. The zero-order valence-electron chi connectivity index (χ0n) is 14.2. The summed E-state index contributed by atoms with van der Waals surface area (Å²) in [5, 5.41) is 8.17. The minimum Gasteiger partial charge on any atom is -0.352 e. The molecule has 3 amide bonds. The molecule has 1 aliphatic rings. The van der Waals surface area contributed by atoms with E-state index < -0.39 is 6.04 Å². The molecular weight excluding hydrogens is 368 g/mol. The second-order valence-electron chi connectivity index (χ2n) is 6.01. The zero-order chi connectivity index (χ0) is 18.1. The van der Waals surface area contributed by atoms with Crippen molar-refractivity contribution in [3.8, 4) is 0 Å². The third-order valence-electron chi connectivity index (χ3n) is 4.36. The molecule has 1 aliphatic heterocycles. The van der Waals surface area contributed by atoms with Crippen molar-refractivity contribution in [3.05, 3.63) is 46.2 Å². The van der Waals surface area contributed by atoms with Gasteiger partial charge in [0.25, 0.3) is 0 Å². The highest BCUT2D eigenvalue weighted by Crippen LogP contribution is 2.30. The van der Waals surface area contributed by atoms with Crippen LogP contribution >= 0.6 is 22.7 Å². The smallest absolute Gasteiger partial charge is 0.324 e. The SMILES string of the molecule is CCc1ccc2nc(NC(=O)N3CCNC(=O)C3c3cccs3)sc2c1. The van der Waals surface area contributed by atoms with Gasteiger partial charge in [-0.25, -0.2) is 9.78 Å². The molecule has 0 aliphatic carbocycles. The zero-order valence-corrected chi connectivity index (χ0v) is 15.8. The Hall–Kier alpha value is -2.45. The maximum absolute atomic E-state index is 12.8. The molecule has 2 N–H and O–H groups in total. The van der Waals surface area contributed by atoms with E-state index in [2.05, 4.69) is 34.7 Å². The Bertz CT molecular complexity index is 951. The summed E-state index contributed by atoms with van der Waals surface area (Å²) in [6, 6.07) is 9.00. The third kappa shape index (κ3) is 3.17. The number of carbonyl (C=O) groups is 2. The number of carbonyl (C=O) groups excluding carboxylic acids is 2. The van der Waals surface area contributed by atoms with Crippen LogP contribution in [0.2, 0.25) is 0 Å². The minimum atomic E-state index is -0.593. The molecule has 8 heteroatoms. The molecule has 4 rings (SSSR count). The van der Waals surface area contributed by atoms with Crippen LogP contribution in [0.4, 0.5) is 9.93 Å². The lowest BCUT2D eigenvalue weighted by Crippen LogP contribution is -2.53. The third-order valence-corrected chi connectivity index (χ3v) is 6.22. The average Bonchev–Trinajstić information content (AvgIpc) is 3.29. The number of hydrogen-bond donors (Lipinski definition) is 2. The van der Waals surface area contributed by atoms with E-state index in [1.54, 1.807) is 4.90 Å². The van der Waals surface area contributed by atoms with Gasteiger partial charge < -0.3 is 10.2 Å². The van der Waals surface area contributed by atoms with Gasteiger partial charge in [-0.2, -0.15) is 0 Å². The van der Waals surface area contributed by atoms with Gasteiger partial charge in [0.05, 0.1) is 10.2 Å². The maximum atomic E-state index is 12.8. The van der Waals surface area contributed by atoms with Crippen molar-refractivity contribution < 1.29 is 9.59 Å². The number of nitrogens with one attached hydrogen (secondary N) is 2. The Morgan fingerprint density at radius 1 is 1.42 bits per heavy atom. The predicted octanol–water partition coefficient (Wildman–Crippen LogP) is 3.63. The second kappa shape index (κ2) is 7.05. The Morgan fingerprint density at radius 3 is 3.08 bits per heavy atom. The van der Waals surface area contributed by atoms with Gasteiger partial charge in [-0.1, -0.05) is 30.4 Å². The number of rotatable bonds is 3. The molecule has 0 saturated carbocycles. The van der Waals surface area contributed by atoms with Crippen molar-refractivity contribution in [2.75, 3.05) is 18.4 Å². The largest absolute Gasteiger partial charge is 0.352 e. The minimum absolute atomic E-state index is 0.147. The van der Waals surface area contributed by atoms with E-state index in [0.717, 1.165) is 21.5 Å². The molecule has 1 fully saturated rings. The highest BCUT2D eigenvalue weighted by Gasteiger charge is 2.35. The Labute approximate surface area is 158 Å². The van der Waals surface area contributed by atoms with Crippen molar-refractivity contribution in [1.29, 1.82) is 0 Å². The standard InChI is InChI=1S/C18H18N4O2S2/c1-2-11-5-6-12-14(10-11)26-17(20-12)21-18(24)22-8-7-19-16(23)15(22)13-4-3-9-25-13/h3-6,9-10,15H,2,7-8H2,1H3,(H,19,23)(H,20,21,24). The summed E-state index contributed by atoms with van der Waals surface area (Å²) in [6.45, 7) is 3.02. The van der Waals surface area contributed by atoms with Gasteiger partial charge in [-0.05, 0) is 35.6 Å². The number of fused-ring (bicyclic) bond motifs is 1. The van der Waals surface area contributed by atoms with Crippen LogP contribution in [0, 0.1) is 0 Å². The number of anilines is 1. The van der Waals surface area contributed by atoms with Gasteiger partial charge in [-0.3, -0.25) is 10.1 Å². The van der Waals surface area contributed by atoms with Gasteiger partial charge in [0.2, 0.25) is 5.91 Å². The van der Waals surface area contributed by atoms with Crippen molar-refractivity contribution in [1.82, 2.24) is 15.2 Å². The van der Waals surface area contributed by atoms with E-state index in [-0.39, 0.29) is 11.9 Å². The number of piperazine rings is 1. The van der Waals surface area contributed by atoms with E-state index in [1.165, 1.54) is 28.2 Å². The van der Waals surface area contributed by atoms with E-state index in [4.69, 9.17) is 0 Å². The van der Waals surface area contributed by atoms with Gasteiger partial charge in [0.1, 0.15) is 6.04 Å². The lowest BCUT2D eigenvalue weighted by molar-refractivity contribution is -0.127. The van der Waals surface area contributed by atoms with Crippen LogP contribution in [0.1, 0.15) is 23.4 Å². The summed E-state index contributed by atoms with van der Waals surface area (Å²) in [6.07, 6.45) is 0.959. The molecular formula is C18H18N4O2S2. The van der Waals surface area contributed by atoms with Crippen molar-refractivity contribution in [3.63, 3.8) is 0 Å². The number of urea groups is 1. The van der Waals surface area contributed by atoms with E-state index in [9.17, 15) is 9.59 Å². The predicted molar refractivity (Wildman–Crippen MR) is 105 cm³/mol. The van der Waals surface area contributed by atoms with Crippen LogP contribution in [0.25, 0.3) is 10.2 Å². The number of nitrogens with zero attached hydrogens (tertiary/aromatic N) is 2. The highest BCUT2D eigenvalue weighted by atomic mass is 32.1. The fraction of sp³-hybridized carbons (Fsp3) is 0.278. The number of thiophene rings is 1. The summed E-state index contributed by atoms with van der Waals surface area (Å²) in [4.78, 5) is 32.1. The number of aromatic nitrogens is 1. The average molecular weight is 387 g/mol. The molecule has 3 heterocycles. The fourth-order valence-electron chi connectivity index (χ4n) is 3.02. The summed E-state index contributed by atoms with van der Waals surface area (Å²) < 4.78 is 1.05. The topological polar surface area (TPSA) is 74.3 Å². The van der Waals surface area contributed by atoms with Gasteiger partial charge in [0.15, 0.2) is 5.13 Å². The number of amides is 3. The Kier molecular flexibility index (Phi) is 4.60. The molecule has 0 bridgehead atoms. The molecule has 1 unspecified atom stereocenters. The lowest BCUT2D eigenvalue weighted by atomic mass is 10.1. The van der Waals surface area contributed by atoms with E-state index in [0.29, 0.717) is 18.2 Å². The van der Waals surface area contributed by atoms with Crippen LogP contribution < -0.4 is 10.6 Å². The van der Waals surface area contributed by atoms with Gasteiger partial charge in [0, 0.05) is 18.0 Å². The first kappa shape index (κ1) is 17.0. The molecule has 0 spiro atoms. The first-order chi connectivity index (χ1) is 12.7. The number of hydrogen-bond acceptors (Lipinski definition) is 5. The van der Waals surface area contributed by atoms with Crippen LogP contribution in [0.15, 0.2) is 35.7 Å². The molecule has 1 aromatic carbocycles. The van der Waals surface area contributed by atoms with Crippen molar-refractivity contribution in [2.45, 2.75) is 19.4 Å². The first-order valence-corrected chi connectivity index (χ1v) is 10.1. The highest BCUT2D eigenvalue weighted by molar-refractivity contribution is 7.22. The molecule has 6 nitrogen and oxygen atoms in total. The number of benzene rings is 1. The molecule has 3 aromatic rings. The molecule has 26 heavy (non-hydrogen) atoms. The molecule has 2 aromatic heterocycles. The Morgan fingerprint density at radius 2 is 2.31 bits per heavy atom. The van der Waals surface area contributed by atoms with E-state index in [1.807, 2.05) is 23.6 Å². The maximum Gasteiger partial charge on any atom is 0.324 e. The number of thiazole rings is 1. The summed E-state index contributed by atoms with van der Waals surface area (Å²) >= 11 is 2.92. The molecule has 134 valence electrons. The quantitative estimate of drug-likeness (QED) is 0.722. The lowest BCUT2D eigenvalue weighted by Gasteiger charge is -2.34. The van der Waals surface area contributed by atoms with Crippen LogP contribution in [0.5, 0.6) is 0 Å². The Balaban J connectivity index is 1.57. The fourth-order valence-corrected chi connectivity index (χ4v) is 4.77. The van der Waals surface area contributed by atoms with Gasteiger partial charge >= 0.3 is 6.03 Å². The van der Waals surface area contributed by atoms with Crippen molar-refractivity contribution in [2.24, 2.45) is 0 Å². The summed E-state index contributed by atoms with van der Waals surface area (Å²) in [7, 11) is 0. The summed E-state index contributed by atoms with van der Waals surface area (Å²) in [5.74, 6) is -0.147. The molecule has 1 saturated heterocycles. The van der Waals surface area contributed by atoms with Crippen LogP contribution in [0.3, 0.4) is 0 Å². The summed E-state index contributed by atoms with van der Waals surface area (Å²) in [5.41, 5.74) is 2.11. The monoisotopic (exact) mass is 386 g/mol.